The van der Waals surface area contributed by atoms with Crippen LogP contribution >= 0.6 is 0 Å². The fourth-order valence-corrected chi connectivity index (χ4v) is 2.57. The molecule has 2 unspecified atom stereocenters. The molecule has 100 valence electrons. The molecule has 0 saturated carbocycles. The maximum atomic E-state index is 12.1. The van der Waals surface area contributed by atoms with E-state index < -0.39 is 5.60 Å². The molecule has 1 rings (SSSR count). The maximum Gasteiger partial charge on any atom is 0.410 e. The molecular formula is C13H26N2O2. The lowest BCUT2D eigenvalue weighted by atomic mass is 9.91. The average Bonchev–Trinajstić information content (AvgIpc) is 2.57. The highest BCUT2D eigenvalue weighted by Gasteiger charge is 2.39. The number of nitrogens with two attached hydrogens (primary N) is 1. The Balaban J connectivity index is 2.73. The maximum absolute atomic E-state index is 12.1. The monoisotopic (exact) mass is 242 g/mol. The van der Waals surface area contributed by atoms with Crippen molar-refractivity contribution in [3.8, 4) is 0 Å². The molecule has 0 bridgehead atoms. The van der Waals surface area contributed by atoms with Gasteiger partial charge in [0.15, 0.2) is 0 Å². The summed E-state index contributed by atoms with van der Waals surface area (Å²) in [5.74, 6) is 0.820. The Morgan fingerprint density at radius 3 is 2.47 bits per heavy atom. The predicted molar refractivity (Wildman–Crippen MR) is 68.7 cm³/mol. The molecule has 0 aliphatic carbocycles. The van der Waals surface area contributed by atoms with E-state index in [1.807, 2.05) is 25.7 Å². The molecule has 1 amide bonds. The zero-order chi connectivity index (χ0) is 13.2. The molecule has 17 heavy (non-hydrogen) atoms. The first-order valence-corrected chi connectivity index (χ1v) is 6.46. The number of amides is 1. The standard InChI is InChI=1S/C13H26N2O2/c1-9(2)11-10(8-14)6-7-15(11)12(16)17-13(3,4)5/h9-11H,6-8,14H2,1-5H3. The molecular weight excluding hydrogens is 216 g/mol. The van der Waals surface area contributed by atoms with E-state index in [1.54, 1.807) is 0 Å². The molecule has 1 heterocycles. The fraction of sp³-hybridized carbons (Fsp3) is 0.923. The van der Waals surface area contributed by atoms with Crippen molar-refractivity contribution in [1.29, 1.82) is 0 Å². The lowest BCUT2D eigenvalue weighted by molar-refractivity contribution is 0.0165. The molecule has 2 N–H and O–H groups in total. The quantitative estimate of drug-likeness (QED) is 0.808. The summed E-state index contributed by atoms with van der Waals surface area (Å²) in [6.07, 6.45) is 0.783. The van der Waals surface area contributed by atoms with Gasteiger partial charge in [0.25, 0.3) is 0 Å². The molecule has 1 aliphatic heterocycles. The Morgan fingerprint density at radius 1 is 1.47 bits per heavy atom. The van der Waals surface area contributed by atoms with Gasteiger partial charge in [-0.25, -0.2) is 4.79 Å². The van der Waals surface area contributed by atoms with Crippen LogP contribution in [0.4, 0.5) is 4.79 Å². The second-order valence-corrected chi connectivity index (χ2v) is 6.19. The number of hydrogen-bond donors (Lipinski definition) is 1. The Kier molecular flexibility index (Phi) is 4.42. The average molecular weight is 242 g/mol. The number of carbonyl (C=O) groups excluding carboxylic acids is 1. The predicted octanol–water partition coefficient (Wildman–Crippen LogP) is 2.23. The molecule has 1 saturated heterocycles. The largest absolute Gasteiger partial charge is 0.444 e. The minimum absolute atomic E-state index is 0.202. The summed E-state index contributed by atoms with van der Waals surface area (Å²) >= 11 is 0. The van der Waals surface area contributed by atoms with E-state index in [9.17, 15) is 4.79 Å². The van der Waals surface area contributed by atoms with E-state index in [1.165, 1.54) is 0 Å². The van der Waals surface area contributed by atoms with Crippen molar-refractivity contribution in [2.75, 3.05) is 13.1 Å². The summed E-state index contributed by atoms with van der Waals surface area (Å²) in [4.78, 5) is 14.0. The number of rotatable bonds is 2. The number of ether oxygens (including phenoxy) is 1. The van der Waals surface area contributed by atoms with Crippen LogP contribution in [0, 0.1) is 11.8 Å². The Morgan fingerprint density at radius 2 is 2.06 bits per heavy atom. The molecule has 0 aromatic rings. The number of likely N-dealkylation sites (tertiary alicyclic amines) is 1. The van der Waals surface area contributed by atoms with Gasteiger partial charge >= 0.3 is 6.09 Å². The zero-order valence-corrected chi connectivity index (χ0v) is 11.7. The van der Waals surface area contributed by atoms with Crippen molar-refractivity contribution in [3.63, 3.8) is 0 Å². The van der Waals surface area contributed by atoms with Gasteiger partial charge in [-0.1, -0.05) is 13.8 Å². The molecule has 4 nitrogen and oxygen atoms in total. The van der Waals surface area contributed by atoms with E-state index in [0.29, 0.717) is 18.4 Å². The third-order valence-corrected chi connectivity index (χ3v) is 3.20. The van der Waals surface area contributed by atoms with Gasteiger partial charge in [0, 0.05) is 12.6 Å². The lowest BCUT2D eigenvalue weighted by Gasteiger charge is -2.32. The highest BCUT2D eigenvalue weighted by Crippen LogP contribution is 2.30. The summed E-state index contributed by atoms with van der Waals surface area (Å²) < 4.78 is 5.44. The van der Waals surface area contributed by atoms with Crippen LogP contribution in [0.25, 0.3) is 0 Å². The van der Waals surface area contributed by atoms with Crippen LogP contribution in [-0.4, -0.2) is 35.7 Å². The van der Waals surface area contributed by atoms with Crippen LogP contribution in [0.5, 0.6) is 0 Å². The van der Waals surface area contributed by atoms with E-state index in [-0.39, 0.29) is 12.1 Å². The number of carbonyl (C=O) groups is 1. The summed E-state index contributed by atoms with van der Waals surface area (Å²) in [7, 11) is 0. The first-order valence-electron chi connectivity index (χ1n) is 6.46. The van der Waals surface area contributed by atoms with Crippen LogP contribution < -0.4 is 5.73 Å². The van der Waals surface area contributed by atoms with Crippen molar-refractivity contribution in [1.82, 2.24) is 4.90 Å². The number of nitrogens with zero attached hydrogens (tertiary/aromatic N) is 1. The van der Waals surface area contributed by atoms with Crippen molar-refractivity contribution < 1.29 is 9.53 Å². The summed E-state index contributed by atoms with van der Waals surface area (Å²) in [6.45, 7) is 11.4. The zero-order valence-electron chi connectivity index (χ0n) is 11.7. The SMILES string of the molecule is CC(C)C1C(CN)CCN1C(=O)OC(C)(C)C. The summed E-state index contributed by atoms with van der Waals surface area (Å²) in [5.41, 5.74) is 5.34. The van der Waals surface area contributed by atoms with Gasteiger partial charge in [0.2, 0.25) is 0 Å². The molecule has 0 aromatic carbocycles. The highest BCUT2D eigenvalue weighted by atomic mass is 16.6. The number of hydrogen-bond acceptors (Lipinski definition) is 3. The van der Waals surface area contributed by atoms with Crippen LogP contribution in [-0.2, 0) is 4.74 Å². The van der Waals surface area contributed by atoms with Gasteiger partial charge < -0.3 is 15.4 Å². The highest BCUT2D eigenvalue weighted by molar-refractivity contribution is 5.69. The molecule has 4 heteroatoms. The smallest absolute Gasteiger partial charge is 0.410 e. The summed E-state index contributed by atoms with van der Waals surface area (Å²) in [6, 6.07) is 0.217. The van der Waals surface area contributed by atoms with Crippen molar-refractivity contribution >= 4 is 6.09 Å². The molecule has 0 radical (unpaired) electrons. The van der Waals surface area contributed by atoms with Gasteiger partial charge in [-0.3, -0.25) is 0 Å². The van der Waals surface area contributed by atoms with Gasteiger partial charge in [0.05, 0.1) is 0 Å². The molecule has 0 aromatic heterocycles. The van der Waals surface area contributed by atoms with Gasteiger partial charge in [-0.2, -0.15) is 0 Å². The Bertz CT molecular complexity index is 271. The van der Waals surface area contributed by atoms with Gasteiger partial charge in [-0.15, -0.1) is 0 Å². The summed E-state index contributed by atoms with van der Waals surface area (Å²) in [5, 5.41) is 0. The van der Waals surface area contributed by atoms with Crippen molar-refractivity contribution in [3.05, 3.63) is 0 Å². The van der Waals surface area contributed by atoms with E-state index in [0.717, 1.165) is 13.0 Å². The van der Waals surface area contributed by atoms with E-state index in [2.05, 4.69) is 13.8 Å². The second kappa shape index (κ2) is 5.25. The lowest BCUT2D eigenvalue weighted by Crippen LogP contribution is -2.45. The van der Waals surface area contributed by atoms with E-state index >= 15 is 0 Å². The molecule has 1 fully saturated rings. The second-order valence-electron chi connectivity index (χ2n) is 6.19. The van der Waals surface area contributed by atoms with Crippen molar-refractivity contribution in [2.45, 2.75) is 52.7 Å². The first-order chi connectivity index (χ1) is 7.76. The van der Waals surface area contributed by atoms with Crippen molar-refractivity contribution in [2.24, 2.45) is 17.6 Å². The van der Waals surface area contributed by atoms with Gasteiger partial charge in [0.1, 0.15) is 5.60 Å². The van der Waals surface area contributed by atoms with Crippen LogP contribution in [0.1, 0.15) is 41.0 Å². The molecule has 2 atom stereocenters. The Labute approximate surface area is 104 Å². The molecule has 1 aliphatic rings. The normalized spacial score (nSPS) is 25.5. The minimum Gasteiger partial charge on any atom is -0.444 e. The Hall–Kier alpha value is -0.770. The first kappa shape index (κ1) is 14.3. The molecule has 0 spiro atoms. The van der Waals surface area contributed by atoms with Crippen LogP contribution in [0.15, 0.2) is 0 Å². The van der Waals surface area contributed by atoms with Crippen LogP contribution in [0.2, 0.25) is 0 Å². The third-order valence-electron chi connectivity index (χ3n) is 3.20. The topological polar surface area (TPSA) is 55.6 Å². The fourth-order valence-electron chi connectivity index (χ4n) is 2.57. The van der Waals surface area contributed by atoms with Crippen LogP contribution in [0.3, 0.4) is 0 Å². The van der Waals surface area contributed by atoms with Gasteiger partial charge in [-0.05, 0) is 45.6 Å². The minimum atomic E-state index is -0.431. The third kappa shape index (κ3) is 3.60. The van der Waals surface area contributed by atoms with E-state index in [4.69, 9.17) is 10.5 Å².